The van der Waals surface area contributed by atoms with Gasteiger partial charge >= 0.3 is 0 Å². The lowest BCUT2D eigenvalue weighted by Gasteiger charge is -2.16. The molecule has 5 heteroatoms. The normalized spacial score (nSPS) is 10.4. The molecule has 0 spiro atoms. The molecular weight excluding hydrogens is 242 g/mol. The maximum Gasteiger partial charge on any atom is 0.139 e. The van der Waals surface area contributed by atoms with E-state index in [4.69, 9.17) is 17.3 Å². The van der Waals surface area contributed by atoms with Crippen LogP contribution in [0.2, 0.25) is 5.02 Å². The van der Waals surface area contributed by atoms with Gasteiger partial charge in [-0.1, -0.05) is 23.7 Å². The summed E-state index contributed by atoms with van der Waals surface area (Å²) in [4.78, 5) is 2.10. The van der Waals surface area contributed by atoms with Crippen LogP contribution >= 0.6 is 23.1 Å². The summed E-state index contributed by atoms with van der Waals surface area (Å²) in [5.74, 6) is 0.568. The molecule has 0 amide bonds. The molecule has 1 aromatic carbocycles. The lowest BCUT2D eigenvalue weighted by molar-refractivity contribution is 0.935. The molecule has 16 heavy (non-hydrogen) atoms. The fraction of sp³-hybridized carbons (Fsp3) is 0.182. The van der Waals surface area contributed by atoms with E-state index in [0.717, 1.165) is 16.6 Å². The first-order chi connectivity index (χ1) is 7.65. The van der Waals surface area contributed by atoms with E-state index in [1.54, 1.807) is 0 Å². The summed E-state index contributed by atoms with van der Waals surface area (Å²) in [6.07, 6.45) is 0. The molecule has 0 radical (unpaired) electrons. The third kappa shape index (κ3) is 2.65. The Balaban J connectivity index is 2.10. The second-order valence-corrected chi connectivity index (χ2v) is 4.80. The van der Waals surface area contributed by atoms with Gasteiger partial charge in [-0.2, -0.15) is 4.37 Å². The highest BCUT2D eigenvalue weighted by Crippen LogP contribution is 2.23. The van der Waals surface area contributed by atoms with E-state index < -0.39 is 0 Å². The number of hydrogen-bond acceptors (Lipinski definition) is 4. The first-order valence-electron chi connectivity index (χ1n) is 4.83. The molecule has 2 N–H and O–H groups in total. The zero-order valence-corrected chi connectivity index (χ0v) is 10.4. The van der Waals surface area contributed by atoms with Gasteiger partial charge in [0.15, 0.2) is 0 Å². The molecular formula is C11H12ClN3S. The van der Waals surface area contributed by atoms with E-state index in [1.807, 2.05) is 37.4 Å². The van der Waals surface area contributed by atoms with Crippen molar-refractivity contribution < 1.29 is 0 Å². The summed E-state index contributed by atoms with van der Waals surface area (Å²) in [6, 6.07) is 9.70. The van der Waals surface area contributed by atoms with Crippen molar-refractivity contribution in [2.45, 2.75) is 6.54 Å². The van der Waals surface area contributed by atoms with E-state index in [-0.39, 0.29) is 0 Å². The number of benzene rings is 1. The maximum absolute atomic E-state index is 5.93. The zero-order chi connectivity index (χ0) is 11.5. The predicted octanol–water partition coefficient (Wildman–Crippen LogP) is 3.02. The number of rotatable bonds is 3. The molecule has 0 saturated carbocycles. The molecule has 84 valence electrons. The molecule has 3 nitrogen and oxygen atoms in total. The van der Waals surface area contributed by atoms with Crippen LogP contribution in [0.25, 0.3) is 0 Å². The van der Waals surface area contributed by atoms with Gasteiger partial charge in [-0.05, 0) is 29.2 Å². The molecule has 0 bridgehead atoms. The largest absolute Gasteiger partial charge is 0.383 e. The number of nitrogens with two attached hydrogens (primary N) is 1. The number of aromatic nitrogens is 1. The fourth-order valence-corrected chi connectivity index (χ4v) is 2.29. The Bertz CT molecular complexity index is 484. The fourth-order valence-electron chi connectivity index (χ4n) is 1.45. The number of anilines is 2. The quantitative estimate of drug-likeness (QED) is 0.914. The molecule has 0 aliphatic heterocycles. The Morgan fingerprint density at radius 2 is 2.25 bits per heavy atom. The van der Waals surface area contributed by atoms with Crippen molar-refractivity contribution in [2.24, 2.45) is 0 Å². The molecule has 0 fully saturated rings. The Morgan fingerprint density at radius 3 is 2.88 bits per heavy atom. The van der Waals surface area contributed by atoms with Crippen LogP contribution in [0.3, 0.4) is 0 Å². The van der Waals surface area contributed by atoms with Crippen molar-refractivity contribution in [3.63, 3.8) is 0 Å². The van der Waals surface area contributed by atoms with E-state index in [1.165, 1.54) is 17.1 Å². The van der Waals surface area contributed by atoms with Crippen molar-refractivity contribution in [1.82, 2.24) is 4.37 Å². The van der Waals surface area contributed by atoms with Gasteiger partial charge in [0, 0.05) is 24.7 Å². The Morgan fingerprint density at radius 1 is 1.44 bits per heavy atom. The van der Waals surface area contributed by atoms with E-state index >= 15 is 0 Å². The maximum atomic E-state index is 5.93. The van der Waals surface area contributed by atoms with Crippen molar-refractivity contribution in [3.05, 3.63) is 40.9 Å². The van der Waals surface area contributed by atoms with Crippen LogP contribution in [0.5, 0.6) is 0 Å². The summed E-state index contributed by atoms with van der Waals surface area (Å²) in [5, 5.41) is 1.81. The third-order valence-electron chi connectivity index (χ3n) is 2.20. The van der Waals surface area contributed by atoms with Crippen molar-refractivity contribution in [2.75, 3.05) is 17.7 Å². The molecule has 2 aromatic rings. The highest BCUT2D eigenvalue weighted by atomic mass is 35.5. The first kappa shape index (κ1) is 11.2. The topological polar surface area (TPSA) is 42.1 Å². The van der Waals surface area contributed by atoms with Gasteiger partial charge in [0.2, 0.25) is 0 Å². The average Bonchev–Trinajstić information content (AvgIpc) is 2.65. The predicted molar refractivity (Wildman–Crippen MR) is 70.1 cm³/mol. The number of nitrogen functional groups attached to an aromatic ring is 1. The third-order valence-corrected chi connectivity index (χ3v) is 3.35. The van der Waals surface area contributed by atoms with Crippen molar-refractivity contribution in [3.8, 4) is 0 Å². The highest BCUT2D eigenvalue weighted by molar-refractivity contribution is 7.10. The molecule has 0 aliphatic rings. The molecule has 1 heterocycles. The summed E-state index contributed by atoms with van der Waals surface area (Å²) in [5.41, 5.74) is 6.75. The summed E-state index contributed by atoms with van der Waals surface area (Å²) < 4.78 is 4.05. The van der Waals surface area contributed by atoms with Crippen LogP contribution in [0.1, 0.15) is 5.56 Å². The molecule has 0 aliphatic carbocycles. The van der Waals surface area contributed by atoms with E-state index in [2.05, 4.69) is 9.27 Å². The molecule has 0 atom stereocenters. The minimum Gasteiger partial charge on any atom is -0.383 e. The monoisotopic (exact) mass is 253 g/mol. The Kier molecular flexibility index (Phi) is 3.31. The second kappa shape index (κ2) is 4.72. The Labute approximate surface area is 104 Å². The van der Waals surface area contributed by atoms with Gasteiger partial charge in [0.1, 0.15) is 10.8 Å². The van der Waals surface area contributed by atoms with Gasteiger partial charge in [-0.15, -0.1) is 0 Å². The van der Waals surface area contributed by atoms with E-state index in [9.17, 15) is 0 Å². The highest BCUT2D eigenvalue weighted by Gasteiger charge is 2.05. The summed E-state index contributed by atoms with van der Waals surface area (Å²) in [6.45, 7) is 0.794. The zero-order valence-electron chi connectivity index (χ0n) is 8.85. The van der Waals surface area contributed by atoms with E-state index in [0.29, 0.717) is 5.82 Å². The van der Waals surface area contributed by atoms with Crippen LogP contribution in [0.15, 0.2) is 30.3 Å². The minimum atomic E-state index is 0.568. The van der Waals surface area contributed by atoms with Crippen LogP contribution in [-0.2, 0) is 6.54 Å². The van der Waals surface area contributed by atoms with Crippen LogP contribution < -0.4 is 10.6 Å². The summed E-state index contributed by atoms with van der Waals surface area (Å²) in [7, 11) is 2.01. The second-order valence-electron chi connectivity index (χ2n) is 3.58. The van der Waals surface area contributed by atoms with Gasteiger partial charge in [0.05, 0.1) is 0 Å². The van der Waals surface area contributed by atoms with Gasteiger partial charge in [0.25, 0.3) is 0 Å². The van der Waals surface area contributed by atoms with Gasteiger partial charge in [-0.3, -0.25) is 0 Å². The lowest BCUT2D eigenvalue weighted by atomic mass is 10.2. The Hall–Kier alpha value is -1.26. The van der Waals surface area contributed by atoms with Crippen LogP contribution in [0.4, 0.5) is 10.8 Å². The number of hydrogen-bond donors (Lipinski definition) is 1. The standard InChI is InChI=1S/C11H12ClN3S/c1-15(11-6-10(13)14-16-11)7-8-3-2-4-9(12)5-8/h2-6H,7H2,1H3,(H2,13,14). The molecule has 2 rings (SSSR count). The van der Waals surface area contributed by atoms with Gasteiger partial charge < -0.3 is 10.6 Å². The van der Waals surface area contributed by atoms with Crippen LogP contribution in [0, 0.1) is 0 Å². The van der Waals surface area contributed by atoms with Crippen LogP contribution in [-0.4, -0.2) is 11.4 Å². The number of nitrogens with zero attached hydrogens (tertiary/aromatic N) is 2. The molecule has 0 saturated heterocycles. The SMILES string of the molecule is CN(Cc1cccc(Cl)c1)c1cc(N)ns1. The summed E-state index contributed by atoms with van der Waals surface area (Å²) >= 11 is 7.33. The van der Waals surface area contributed by atoms with Gasteiger partial charge in [-0.25, -0.2) is 0 Å². The average molecular weight is 254 g/mol. The minimum absolute atomic E-state index is 0.568. The smallest absolute Gasteiger partial charge is 0.139 e. The van der Waals surface area contributed by atoms with Crippen molar-refractivity contribution in [1.29, 1.82) is 0 Å². The number of halogens is 1. The first-order valence-corrected chi connectivity index (χ1v) is 5.98. The lowest BCUT2D eigenvalue weighted by Crippen LogP contribution is -2.14. The molecule has 1 aromatic heterocycles. The van der Waals surface area contributed by atoms with Crippen molar-refractivity contribution >= 4 is 34.0 Å². The molecule has 0 unspecified atom stereocenters.